The summed E-state index contributed by atoms with van der Waals surface area (Å²) in [5.41, 5.74) is 1.34. The van der Waals surface area contributed by atoms with E-state index >= 15 is 0 Å². The fraction of sp³-hybridized carbons (Fsp3) is 0.667. The van der Waals surface area contributed by atoms with Crippen molar-refractivity contribution in [2.75, 3.05) is 27.2 Å². The largest absolute Gasteiger partial charge is 0.350 e. The second-order valence-electron chi connectivity index (χ2n) is 7.52. The Labute approximate surface area is 149 Å². The molecule has 3 nitrogen and oxygen atoms in total. The summed E-state index contributed by atoms with van der Waals surface area (Å²) in [6.07, 6.45) is 9.47. The van der Waals surface area contributed by atoms with Gasteiger partial charge >= 0.3 is 0 Å². The van der Waals surface area contributed by atoms with Gasteiger partial charge in [0.25, 0.3) is 0 Å². The summed E-state index contributed by atoms with van der Waals surface area (Å²) >= 11 is 0. The van der Waals surface area contributed by atoms with Crippen molar-refractivity contribution in [3.8, 4) is 0 Å². The molecule has 0 spiro atoms. The molecule has 0 aliphatic carbocycles. The Hall–Kier alpha value is -1.35. The Bertz CT molecular complexity index is 442. The SMILES string of the molecule is CCCCCCCCCC(=O)NCC[N+](C)(C)Cc1ccccc1. The van der Waals surface area contributed by atoms with Gasteiger partial charge in [0.15, 0.2) is 0 Å². The fourth-order valence-electron chi connectivity index (χ4n) is 2.99. The van der Waals surface area contributed by atoms with Crippen molar-refractivity contribution in [2.24, 2.45) is 0 Å². The van der Waals surface area contributed by atoms with Gasteiger partial charge in [0.05, 0.1) is 27.2 Å². The highest BCUT2D eigenvalue weighted by Crippen LogP contribution is 2.09. The third-order valence-electron chi connectivity index (χ3n) is 4.50. The molecular weight excluding hydrogens is 296 g/mol. The molecule has 0 saturated heterocycles. The first kappa shape index (κ1) is 20.7. The normalized spacial score (nSPS) is 11.5. The van der Waals surface area contributed by atoms with Crippen LogP contribution in [-0.4, -0.2) is 37.6 Å². The molecule has 0 heterocycles. The smallest absolute Gasteiger partial charge is 0.220 e. The maximum atomic E-state index is 11.9. The molecule has 0 fully saturated rings. The number of likely N-dealkylation sites (N-methyl/N-ethyl adjacent to an activating group) is 1. The number of nitrogens with zero attached hydrogens (tertiary/aromatic N) is 1. The maximum Gasteiger partial charge on any atom is 0.220 e. The second-order valence-corrected chi connectivity index (χ2v) is 7.52. The molecular formula is C21H37N2O+. The van der Waals surface area contributed by atoms with Crippen molar-refractivity contribution in [3.05, 3.63) is 35.9 Å². The van der Waals surface area contributed by atoms with Crippen LogP contribution in [0.1, 0.15) is 63.9 Å². The van der Waals surface area contributed by atoms with Crippen LogP contribution < -0.4 is 5.32 Å². The number of amides is 1. The van der Waals surface area contributed by atoms with Gasteiger partial charge in [-0.3, -0.25) is 4.79 Å². The summed E-state index contributed by atoms with van der Waals surface area (Å²) in [5.74, 6) is 0.211. The van der Waals surface area contributed by atoms with E-state index in [0.29, 0.717) is 6.42 Å². The molecule has 1 rings (SSSR count). The minimum Gasteiger partial charge on any atom is -0.350 e. The molecule has 1 N–H and O–H groups in total. The van der Waals surface area contributed by atoms with E-state index in [4.69, 9.17) is 0 Å². The Morgan fingerprint density at radius 1 is 0.958 bits per heavy atom. The molecule has 0 atom stereocenters. The molecule has 0 aliphatic heterocycles. The van der Waals surface area contributed by atoms with Gasteiger partial charge < -0.3 is 9.80 Å². The van der Waals surface area contributed by atoms with E-state index < -0.39 is 0 Å². The molecule has 136 valence electrons. The zero-order chi connectivity index (χ0) is 17.7. The van der Waals surface area contributed by atoms with Gasteiger partial charge in [-0.05, 0) is 6.42 Å². The van der Waals surface area contributed by atoms with Crippen molar-refractivity contribution in [2.45, 2.75) is 64.8 Å². The molecule has 24 heavy (non-hydrogen) atoms. The Morgan fingerprint density at radius 2 is 1.58 bits per heavy atom. The topological polar surface area (TPSA) is 29.1 Å². The molecule has 0 bridgehead atoms. The van der Waals surface area contributed by atoms with E-state index in [-0.39, 0.29) is 5.91 Å². The van der Waals surface area contributed by atoms with E-state index in [1.807, 2.05) is 6.07 Å². The van der Waals surface area contributed by atoms with Gasteiger partial charge in [-0.1, -0.05) is 75.8 Å². The Balaban J connectivity index is 2.07. The summed E-state index contributed by atoms with van der Waals surface area (Å²) < 4.78 is 0.891. The minimum absolute atomic E-state index is 0.211. The number of unbranched alkanes of at least 4 members (excludes halogenated alkanes) is 6. The minimum atomic E-state index is 0.211. The molecule has 1 amide bonds. The van der Waals surface area contributed by atoms with Crippen LogP contribution in [0, 0.1) is 0 Å². The average molecular weight is 334 g/mol. The summed E-state index contributed by atoms with van der Waals surface area (Å²) in [4.78, 5) is 11.9. The number of nitrogens with one attached hydrogen (secondary N) is 1. The summed E-state index contributed by atoms with van der Waals surface area (Å²) in [5, 5.41) is 3.08. The lowest BCUT2D eigenvalue weighted by atomic mass is 10.1. The van der Waals surface area contributed by atoms with Crippen molar-refractivity contribution in [1.82, 2.24) is 5.32 Å². The molecule has 0 radical (unpaired) electrons. The quantitative estimate of drug-likeness (QED) is 0.417. The van der Waals surface area contributed by atoms with E-state index in [9.17, 15) is 4.79 Å². The first-order chi connectivity index (χ1) is 11.5. The third-order valence-corrected chi connectivity index (χ3v) is 4.50. The van der Waals surface area contributed by atoms with Gasteiger partial charge in [-0.2, -0.15) is 0 Å². The van der Waals surface area contributed by atoms with Crippen molar-refractivity contribution >= 4 is 5.91 Å². The lowest BCUT2D eigenvalue weighted by molar-refractivity contribution is -0.902. The highest BCUT2D eigenvalue weighted by atomic mass is 16.1. The lowest BCUT2D eigenvalue weighted by Gasteiger charge is -2.30. The van der Waals surface area contributed by atoms with Crippen LogP contribution in [-0.2, 0) is 11.3 Å². The summed E-state index contributed by atoms with van der Waals surface area (Å²) in [7, 11) is 4.44. The maximum absolute atomic E-state index is 11.9. The van der Waals surface area contributed by atoms with Crippen molar-refractivity contribution < 1.29 is 9.28 Å². The first-order valence-corrected chi connectivity index (χ1v) is 9.66. The van der Waals surface area contributed by atoms with Crippen LogP contribution in [0.15, 0.2) is 30.3 Å². The zero-order valence-electron chi connectivity index (χ0n) is 16.0. The molecule has 1 aromatic carbocycles. The Kier molecular flexibility index (Phi) is 10.4. The zero-order valence-corrected chi connectivity index (χ0v) is 16.0. The molecule has 3 heteroatoms. The van der Waals surface area contributed by atoms with Crippen molar-refractivity contribution in [3.63, 3.8) is 0 Å². The van der Waals surface area contributed by atoms with E-state index in [2.05, 4.69) is 50.6 Å². The summed E-state index contributed by atoms with van der Waals surface area (Å²) in [6, 6.07) is 10.5. The number of carbonyl (C=O) groups excluding carboxylic acids is 1. The van der Waals surface area contributed by atoms with Crippen LogP contribution in [0.5, 0.6) is 0 Å². The first-order valence-electron chi connectivity index (χ1n) is 9.66. The number of quaternary nitrogens is 1. The number of carbonyl (C=O) groups is 1. The van der Waals surface area contributed by atoms with Crippen LogP contribution >= 0.6 is 0 Å². The van der Waals surface area contributed by atoms with Gasteiger partial charge in [-0.15, -0.1) is 0 Å². The van der Waals surface area contributed by atoms with Crippen LogP contribution in [0.3, 0.4) is 0 Å². The second kappa shape index (κ2) is 12.1. The summed E-state index contributed by atoms with van der Waals surface area (Å²) in [6.45, 7) is 4.95. The van der Waals surface area contributed by atoms with Crippen LogP contribution in [0.4, 0.5) is 0 Å². The monoisotopic (exact) mass is 333 g/mol. The fourth-order valence-corrected chi connectivity index (χ4v) is 2.99. The van der Waals surface area contributed by atoms with Gasteiger partial charge in [-0.25, -0.2) is 0 Å². The molecule has 0 aromatic heterocycles. The van der Waals surface area contributed by atoms with Gasteiger partial charge in [0, 0.05) is 12.0 Å². The standard InChI is InChI=1S/C21H36N2O/c1-4-5-6-7-8-9-13-16-21(24)22-17-18-23(2,3)19-20-14-11-10-12-15-20/h10-12,14-15H,4-9,13,16-19H2,1-3H3/p+1. The number of rotatable bonds is 13. The lowest BCUT2D eigenvalue weighted by Crippen LogP contribution is -2.44. The average Bonchev–Trinajstić information content (AvgIpc) is 2.54. The number of benzene rings is 1. The van der Waals surface area contributed by atoms with Crippen molar-refractivity contribution in [1.29, 1.82) is 0 Å². The highest BCUT2D eigenvalue weighted by Gasteiger charge is 2.15. The third kappa shape index (κ3) is 10.4. The van der Waals surface area contributed by atoms with E-state index in [0.717, 1.165) is 30.5 Å². The molecule has 1 aromatic rings. The molecule has 0 aliphatic rings. The van der Waals surface area contributed by atoms with E-state index in [1.54, 1.807) is 0 Å². The van der Waals surface area contributed by atoms with Crippen LogP contribution in [0.25, 0.3) is 0 Å². The highest BCUT2D eigenvalue weighted by molar-refractivity contribution is 5.75. The molecule has 0 saturated carbocycles. The predicted octanol–water partition coefficient (Wildman–Crippen LogP) is 4.52. The number of hydrogen-bond acceptors (Lipinski definition) is 1. The van der Waals surface area contributed by atoms with Gasteiger partial charge in [0.1, 0.15) is 6.54 Å². The Morgan fingerprint density at radius 3 is 2.25 bits per heavy atom. The molecule has 0 unspecified atom stereocenters. The van der Waals surface area contributed by atoms with E-state index in [1.165, 1.54) is 44.1 Å². The van der Waals surface area contributed by atoms with Crippen LogP contribution in [0.2, 0.25) is 0 Å². The van der Waals surface area contributed by atoms with Gasteiger partial charge in [0.2, 0.25) is 5.91 Å². The predicted molar refractivity (Wildman–Crippen MR) is 103 cm³/mol. The number of hydrogen-bond donors (Lipinski definition) is 1.